The van der Waals surface area contributed by atoms with E-state index in [1.54, 1.807) is 6.92 Å². The van der Waals surface area contributed by atoms with Crippen LogP contribution in [0.15, 0.2) is 18.3 Å². The Bertz CT molecular complexity index is 518. The number of rotatable bonds is 5. The van der Waals surface area contributed by atoms with Crippen LogP contribution in [0.4, 0.5) is 10.5 Å². The van der Waals surface area contributed by atoms with E-state index in [4.69, 9.17) is 5.11 Å². The molecule has 0 aromatic carbocycles. The Labute approximate surface area is 115 Å². The van der Waals surface area contributed by atoms with Crippen molar-refractivity contribution in [3.63, 3.8) is 0 Å². The van der Waals surface area contributed by atoms with E-state index in [0.29, 0.717) is 0 Å². The molecule has 0 aliphatic carbocycles. The minimum Gasteiger partial charge on any atom is -0.476 e. The predicted molar refractivity (Wildman–Crippen MR) is 69.5 cm³/mol. The number of ether oxygens (including phenoxy) is 1. The van der Waals surface area contributed by atoms with Gasteiger partial charge in [0.05, 0.1) is 12.8 Å². The molecular formula is C12H15N3O5. The van der Waals surface area contributed by atoms with E-state index in [0.717, 1.165) is 0 Å². The van der Waals surface area contributed by atoms with Gasteiger partial charge in [0.25, 0.3) is 0 Å². The molecule has 0 spiro atoms. The van der Waals surface area contributed by atoms with Gasteiger partial charge in [0, 0.05) is 12.7 Å². The van der Waals surface area contributed by atoms with Crippen LogP contribution in [0.25, 0.3) is 0 Å². The van der Waals surface area contributed by atoms with Gasteiger partial charge in [-0.3, -0.25) is 4.79 Å². The largest absolute Gasteiger partial charge is 0.476 e. The van der Waals surface area contributed by atoms with Gasteiger partial charge in [-0.25, -0.2) is 14.6 Å². The van der Waals surface area contributed by atoms with Gasteiger partial charge in [-0.05, 0) is 19.1 Å². The van der Waals surface area contributed by atoms with Crippen molar-refractivity contribution in [2.45, 2.75) is 6.92 Å². The first-order valence-corrected chi connectivity index (χ1v) is 5.80. The van der Waals surface area contributed by atoms with Gasteiger partial charge in [0.2, 0.25) is 0 Å². The SMILES string of the molecule is CCN(CC(=O)OC)C(=O)Nc1cccnc1C(=O)O. The van der Waals surface area contributed by atoms with Crippen LogP contribution in [-0.2, 0) is 9.53 Å². The lowest BCUT2D eigenvalue weighted by molar-refractivity contribution is -0.141. The van der Waals surface area contributed by atoms with Gasteiger partial charge < -0.3 is 20.1 Å². The number of pyridine rings is 1. The van der Waals surface area contributed by atoms with Crippen LogP contribution in [0.3, 0.4) is 0 Å². The Morgan fingerprint density at radius 2 is 2.15 bits per heavy atom. The molecular weight excluding hydrogens is 266 g/mol. The van der Waals surface area contributed by atoms with Crippen LogP contribution >= 0.6 is 0 Å². The Morgan fingerprint density at radius 3 is 2.70 bits per heavy atom. The van der Waals surface area contributed by atoms with Crippen LogP contribution in [0.1, 0.15) is 17.4 Å². The Balaban J connectivity index is 2.84. The number of carboxylic acid groups (broad SMARTS) is 1. The fraction of sp³-hybridized carbons (Fsp3) is 0.333. The molecule has 0 saturated carbocycles. The molecule has 2 N–H and O–H groups in total. The summed E-state index contributed by atoms with van der Waals surface area (Å²) in [6.07, 6.45) is 1.31. The summed E-state index contributed by atoms with van der Waals surface area (Å²) in [6.45, 7) is 1.73. The molecule has 8 heteroatoms. The molecule has 20 heavy (non-hydrogen) atoms. The van der Waals surface area contributed by atoms with Crippen LogP contribution in [0, 0.1) is 0 Å². The van der Waals surface area contributed by atoms with E-state index < -0.39 is 18.0 Å². The second-order valence-electron chi connectivity index (χ2n) is 3.73. The quantitative estimate of drug-likeness (QED) is 0.773. The maximum absolute atomic E-state index is 12.0. The third-order valence-electron chi connectivity index (χ3n) is 2.47. The molecule has 0 saturated heterocycles. The van der Waals surface area contributed by atoms with Gasteiger partial charge in [-0.2, -0.15) is 0 Å². The van der Waals surface area contributed by atoms with E-state index in [1.807, 2.05) is 0 Å². The molecule has 1 heterocycles. The number of urea groups is 1. The Hall–Kier alpha value is -2.64. The second-order valence-corrected chi connectivity index (χ2v) is 3.73. The number of carbonyl (C=O) groups is 3. The highest BCUT2D eigenvalue weighted by Gasteiger charge is 2.19. The Kier molecular flexibility index (Phi) is 5.45. The molecule has 108 valence electrons. The van der Waals surface area contributed by atoms with Crippen LogP contribution in [0.2, 0.25) is 0 Å². The summed E-state index contributed by atoms with van der Waals surface area (Å²) >= 11 is 0. The molecule has 1 aromatic rings. The van der Waals surface area contributed by atoms with Crippen molar-refractivity contribution >= 4 is 23.7 Å². The zero-order valence-corrected chi connectivity index (χ0v) is 11.1. The van der Waals surface area contributed by atoms with Crippen molar-refractivity contribution in [3.8, 4) is 0 Å². The highest BCUT2D eigenvalue weighted by Crippen LogP contribution is 2.12. The zero-order chi connectivity index (χ0) is 15.1. The van der Waals surface area contributed by atoms with Crippen molar-refractivity contribution < 1.29 is 24.2 Å². The standard InChI is InChI=1S/C12H15N3O5/c1-3-15(7-9(16)20-2)12(19)14-8-5-4-6-13-10(8)11(17)18/h4-6H,3,7H2,1-2H3,(H,14,19)(H,17,18). The number of carbonyl (C=O) groups excluding carboxylic acids is 2. The lowest BCUT2D eigenvalue weighted by Gasteiger charge is -2.20. The van der Waals surface area contributed by atoms with E-state index in [9.17, 15) is 14.4 Å². The number of aromatic nitrogens is 1. The number of hydrogen-bond acceptors (Lipinski definition) is 5. The average molecular weight is 281 g/mol. The fourth-order valence-electron chi connectivity index (χ4n) is 1.42. The van der Waals surface area contributed by atoms with Crippen LogP contribution in [0.5, 0.6) is 0 Å². The number of aromatic carboxylic acids is 1. The monoisotopic (exact) mass is 281 g/mol. The number of methoxy groups -OCH3 is 1. The summed E-state index contributed by atoms with van der Waals surface area (Å²) in [4.78, 5) is 38.9. The van der Waals surface area contributed by atoms with Crippen molar-refractivity contribution in [1.82, 2.24) is 9.88 Å². The molecule has 2 amide bonds. The first kappa shape index (κ1) is 15.4. The van der Waals surface area contributed by atoms with Crippen molar-refractivity contribution in [2.24, 2.45) is 0 Å². The summed E-state index contributed by atoms with van der Waals surface area (Å²) in [7, 11) is 1.22. The van der Waals surface area contributed by atoms with E-state index in [-0.39, 0.29) is 24.5 Å². The average Bonchev–Trinajstić information content (AvgIpc) is 2.44. The number of anilines is 1. The van der Waals surface area contributed by atoms with Crippen molar-refractivity contribution in [3.05, 3.63) is 24.0 Å². The first-order valence-electron chi connectivity index (χ1n) is 5.80. The highest BCUT2D eigenvalue weighted by atomic mass is 16.5. The second kappa shape index (κ2) is 7.07. The van der Waals surface area contributed by atoms with Gasteiger partial charge >= 0.3 is 18.0 Å². The number of nitrogens with zero attached hydrogens (tertiary/aromatic N) is 2. The number of hydrogen-bond donors (Lipinski definition) is 2. The fourth-order valence-corrected chi connectivity index (χ4v) is 1.42. The highest BCUT2D eigenvalue weighted by molar-refractivity contribution is 5.99. The molecule has 0 bridgehead atoms. The molecule has 0 radical (unpaired) electrons. The van der Waals surface area contributed by atoms with Gasteiger partial charge in [0.1, 0.15) is 6.54 Å². The van der Waals surface area contributed by atoms with Crippen molar-refractivity contribution in [2.75, 3.05) is 25.5 Å². The van der Waals surface area contributed by atoms with Crippen LogP contribution in [-0.4, -0.2) is 53.2 Å². The van der Waals surface area contributed by atoms with Gasteiger partial charge in [-0.1, -0.05) is 0 Å². The molecule has 0 fully saturated rings. The molecule has 0 atom stereocenters. The smallest absolute Gasteiger partial charge is 0.356 e. The van der Waals surface area contributed by atoms with Crippen LogP contribution < -0.4 is 5.32 Å². The minimum absolute atomic E-state index is 0.0633. The number of nitrogens with one attached hydrogen (secondary N) is 1. The summed E-state index contributed by atoms with van der Waals surface area (Å²) in [5.41, 5.74) is -0.205. The maximum atomic E-state index is 12.0. The normalized spacial score (nSPS) is 9.70. The van der Waals surface area contributed by atoms with E-state index >= 15 is 0 Å². The molecule has 0 aliphatic rings. The van der Waals surface area contributed by atoms with Gasteiger partial charge in [-0.15, -0.1) is 0 Å². The first-order chi connectivity index (χ1) is 9.49. The zero-order valence-electron chi connectivity index (χ0n) is 11.1. The third-order valence-corrected chi connectivity index (χ3v) is 2.47. The van der Waals surface area contributed by atoms with E-state index in [2.05, 4.69) is 15.0 Å². The summed E-state index contributed by atoms with van der Waals surface area (Å²) in [5.74, 6) is -1.82. The number of amides is 2. The molecule has 0 unspecified atom stereocenters. The molecule has 8 nitrogen and oxygen atoms in total. The summed E-state index contributed by atoms with van der Waals surface area (Å²) in [5, 5.41) is 11.4. The predicted octanol–water partition coefficient (Wildman–Crippen LogP) is 0.807. The summed E-state index contributed by atoms with van der Waals surface area (Å²) < 4.78 is 4.48. The minimum atomic E-state index is -1.25. The number of carboxylic acids is 1. The molecule has 0 aliphatic heterocycles. The summed E-state index contributed by atoms with van der Waals surface area (Å²) in [6, 6.07) is 2.31. The third kappa shape index (κ3) is 3.94. The Morgan fingerprint density at radius 1 is 1.45 bits per heavy atom. The maximum Gasteiger partial charge on any atom is 0.356 e. The lowest BCUT2D eigenvalue weighted by Crippen LogP contribution is -2.39. The number of likely N-dealkylation sites (N-methyl/N-ethyl adjacent to an activating group) is 1. The topological polar surface area (TPSA) is 109 Å². The van der Waals surface area contributed by atoms with E-state index in [1.165, 1.54) is 30.3 Å². The number of esters is 1. The molecule has 1 rings (SSSR count). The lowest BCUT2D eigenvalue weighted by atomic mass is 10.3. The van der Waals surface area contributed by atoms with Crippen molar-refractivity contribution in [1.29, 1.82) is 0 Å². The van der Waals surface area contributed by atoms with Gasteiger partial charge in [0.15, 0.2) is 5.69 Å². The molecule has 1 aromatic heterocycles.